The number of aliphatic hydroxyl groups is 2. The molecule has 10 nitrogen and oxygen atoms in total. The minimum absolute atomic E-state index is 0.0585. The molecule has 0 radical (unpaired) electrons. The third-order valence-electron chi connectivity index (χ3n) is 25.0. The van der Waals surface area contributed by atoms with Crippen molar-refractivity contribution in [2.45, 2.75) is 253 Å². The van der Waals surface area contributed by atoms with Gasteiger partial charge in [0.2, 0.25) is 0 Å². The van der Waals surface area contributed by atoms with Gasteiger partial charge in [-0.1, -0.05) is 24.3 Å². The standard InChI is InChI=1S/C34H50O4.C21H30F6O4.C12H6F12O2/c1-31(26-6-20-3-21(8-26)9-27(31)7-20)37-30(35)34-16-24-5-25(17-34)15-33(14-24,18-34)19-36-38-32(2)28-10-22-4-23(12-28)13-29(32)11-22;1-13(28)11-30-17-7-3-15(4-8-17)19(20(22,23)24,21(25,26)27)16-5-9-18(10-6-16)31-12-14(2)29;13-9(14,15)7(25,10(16,17)18)5-1-2-6(4-3-5)8(26,11(19,20)21)12(22,23)24/h20-29H,3-19H2,1-2H3;15-18H,3-12H2,1-2H3;1-4,25-26H. The van der Waals surface area contributed by atoms with Crippen LogP contribution in [-0.2, 0) is 49.6 Å². The number of halogens is 18. The van der Waals surface area contributed by atoms with Gasteiger partial charge in [0.15, 0.2) is 17.0 Å². The highest BCUT2D eigenvalue weighted by Crippen LogP contribution is 2.69. The Kier molecular flexibility index (Phi) is 20.2. The summed E-state index contributed by atoms with van der Waals surface area (Å²) in [6.45, 7) is 7.61. The van der Waals surface area contributed by atoms with E-state index in [4.69, 9.17) is 34.2 Å². The third-order valence-corrected chi connectivity index (χ3v) is 25.0. The Morgan fingerprint density at radius 3 is 1.06 bits per heavy atom. The molecular weight excluding hydrogens is 1310 g/mol. The van der Waals surface area contributed by atoms with E-state index >= 15 is 0 Å². The van der Waals surface area contributed by atoms with Crippen LogP contribution < -0.4 is 0 Å². The molecule has 0 spiro atoms. The van der Waals surface area contributed by atoms with E-state index in [0.717, 1.165) is 42.9 Å². The molecule has 0 saturated heterocycles. The van der Waals surface area contributed by atoms with Crippen LogP contribution in [-0.4, -0.2) is 108 Å². The van der Waals surface area contributed by atoms with Crippen LogP contribution in [0.2, 0.25) is 0 Å². The minimum Gasteiger partial charge on any atom is -0.458 e. The fourth-order valence-electron chi connectivity index (χ4n) is 21.2. The maximum absolute atomic E-state index is 14.3. The molecule has 14 aliphatic carbocycles. The molecule has 2 atom stereocenters. The molecule has 28 heteroatoms. The molecule has 14 saturated carbocycles. The molecule has 14 aliphatic rings. The lowest BCUT2D eigenvalue weighted by molar-refractivity contribution is -0.411. The zero-order valence-electron chi connectivity index (χ0n) is 53.4. The topological polar surface area (TPSA) is 138 Å². The van der Waals surface area contributed by atoms with E-state index in [0.29, 0.717) is 42.1 Å². The van der Waals surface area contributed by atoms with Crippen molar-refractivity contribution in [1.82, 2.24) is 0 Å². The van der Waals surface area contributed by atoms with Gasteiger partial charge in [0.25, 0.3) is 11.2 Å². The molecule has 15 rings (SSSR count). The van der Waals surface area contributed by atoms with E-state index in [2.05, 4.69) is 13.8 Å². The van der Waals surface area contributed by atoms with Crippen molar-refractivity contribution >= 4 is 17.5 Å². The number of ether oxygens (including phenoxy) is 3. The van der Waals surface area contributed by atoms with Crippen molar-refractivity contribution in [3.63, 3.8) is 0 Å². The van der Waals surface area contributed by atoms with Crippen molar-refractivity contribution < 1.29 is 128 Å². The van der Waals surface area contributed by atoms with Crippen LogP contribution in [0.1, 0.15) is 193 Å². The normalized spacial score (nSPS) is 37.7. The molecule has 0 amide bonds. The molecule has 0 heterocycles. The Morgan fingerprint density at radius 1 is 0.442 bits per heavy atom. The van der Waals surface area contributed by atoms with Crippen LogP contribution in [0.3, 0.4) is 0 Å². The SMILES string of the molecule is CC(=O)COC1CCC(C(C2CCC(OCC(C)=O)CC2)(C(F)(F)F)C(F)(F)F)CC1.CC1(OOCC23CC4CC(C2)CC(C(=O)OC2(C)C5CC6CC(C5)CC2C6)(C4)C3)C2CC3CC(C2)CC1C3.OC(c1ccc(C(O)(C(F)(F)F)C(F)(F)F)cc1)(C(F)(F)F)C(F)(F)F. The van der Waals surface area contributed by atoms with Crippen LogP contribution in [0.5, 0.6) is 0 Å². The van der Waals surface area contributed by atoms with E-state index in [1.807, 2.05) is 0 Å². The van der Waals surface area contributed by atoms with Gasteiger partial charge in [0.05, 0.1) is 24.2 Å². The smallest absolute Gasteiger partial charge is 0.430 e. The molecule has 1 aromatic carbocycles. The van der Waals surface area contributed by atoms with E-state index in [-0.39, 0.29) is 104 Å². The lowest BCUT2D eigenvalue weighted by Crippen LogP contribution is -2.62. The Bertz CT molecular complexity index is 2670. The monoisotopic (exact) mass is 1390 g/mol. The Balaban J connectivity index is 0.000000159. The maximum atomic E-state index is 14.3. The molecule has 540 valence electrons. The first-order chi connectivity index (χ1) is 43.7. The summed E-state index contributed by atoms with van der Waals surface area (Å²) in [5.41, 5.74) is -19.5. The molecular formula is C67H86F18O10. The minimum atomic E-state index is -6.39. The number of hydrogen-bond donors (Lipinski definition) is 2. The number of carbonyl (C=O) groups is 3. The summed E-state index contributed by atoms with van der Waals surface area (Å²) in [4.78, 5) is 49.2. The molecule has 1 aromatic rings. The average Bonchev–Trinajstić information content (AvgIpc) is 0.724. The van der Waals surface area contributed by atoms with Gasteiger partial charge >= 0.3 is 43.0 Å². The average molecular weight is 1390 g/mol. The molecule has 95 heavy (non-hydrogen) atoms. The molecule has 14 fully saturated rings. The number of esters is 1. The van der Waals surface area contributed by atoms with Crippen LogP contribution >= 0.6 is 0 Å². The van der Waals surface area contributed by atoms with Crippen molar-refractivity contribution in [1.29, 1.82) is 0 Å². The molecule has 12 bridgehead atoms. The second-order valence-corrected chi connectivity index (χ2v) is 31.3. The maximum Gasteiger partial charge on any atom is 0.430 e. The molecule has 0 aromatic heterocycles. The fourth-order valence-corrected chi connectivity index (χ4v) is 21.2. The number of ketones is 2. The first kappa shape index (κ1) is 74.2. The summed E-state index contributed by atoms with van der Waals surface area (Å²) in [6.07, 6.45) is -17.9. The van der Waals surface area contributed by atoms with Gasteiger partial charge in [0, 0.05) is 11.1 Å². The Labute approximate surface area is 539 Å². The van der Waals surface area contributed by atoms with Gasteiger partial charge in [0.1, 0.15) is 24.4 Å². The summed E-state index contributed by atoms with van der Waals surface area (Å²) in [6, 6.07) is -1.78. The number of rotatable bonds is 16. The van der Waals surface area contributed by atoms with Crippen molar-refractivity contribution in [2.75, 3.05) is 19.8 Å². The molecule has 2 N–H and O–H groups in total. The van der Waals surface area contributed by atoms with E-state index in [9.17, 15) is 93.4 Å². The molecule has 0 aliphatic heterocycles. The lowest BCUT2D eigenvalue weighted by atomic mass is 9.44. The Morgan fingerprint density at radius 2 is 0.758 bits per heavy atom. The summed E-state index contributed by atoms with van der Waals surface area (Å²) in [7, 11) is 0. The number of Topliss-reactive ketones (excluding diaryl/α,β-unsaturated/α-hetero) is 2. The fraction of sp³-hybridized carbons (Fsp3) is 0.866. The van der Waals surface area contributed by atoms with Gasteiger partial charge in [-0.05, 0) is 258 Å². The summed E-state index contributed by atoms with van der Waals surface area (Å²) >= 11 is 0. The quantitative estimate of drug-likeness (QED) is 0.0712. The van der Waals surface area contributed by atoms with Crippen LogP contribution in [0.25, 0.3) is 0 Å². The summed E-state index contributed by atoms with van der Waals surface area (Å²) in [5.74, 6) is 4.08. The second-order valence-electron chi connectivity index (χ2n) is 31.3. The summed E-state index contributed by atoms with van der Waals surface area (Å²) < 4.78 is 255. The zero-order valence-corrected chi connectivity index (χ0v) is 53.4. The number of carbonyl (C=O) groups excluding carboxylic acids is 3. The number of benzene rings is 1. The number of alkyl halides is 18. The highest BCUT2D eigenvalue weighted by atomic mass is 19.4. The predicted octanol–water partition coefficient (Wildman–Crippen LogP) is 17.2. The van der Waals surface area contributed by atoms with Gasteiger partial charge in [-0.25, -0.2) is 9.78 Å². The van der Waals surface area contributed by atoms with Crippen molar-refractivity contribution in [3.05, 3.63) is 35.4 Å². The van der Waals surface area contributed by atoms with Crippen molar-refractivity contribution in [2.24, 2.45) is 87.3 Å². The van der Waals surface area contributed by atoms with Gasteiger partial charge < -0.3 is 24.4 Å². The van der Waals surface area contributed by atoms with Crippen LogP contribution in [0, 0.1) is 87.3 Å². The zero-order chi connectivity index (χ0) is 69.9. The predicted molar refractivity (Wildman–Crippen MR) is 301 cm³/mol. The van der Waals surface area contributed by atoms with Crippen molar-refractivity contribution in [3.8, 4) is 0 Å². The van der Waals surface area contributed by atoms with E-state index in [1.54, 1.807) is 0 Å². The van der Waals surface area contributed by atoms with Gasteiger partial charge in [-0.3, -0.25) is 14.4 Å². The lowest BCUT2D eigenvalue weighted by Gasteiger charge is -2.63. The first-order valence-corrected chi connectivity index (χ1v) is 33.4. The van der Waals surface area contributed by atoms with Gasteiger partial charge in [-0.2, -0.15) is 79.0 Å². The third kappa shape index (κ3) is 13.7. The number of hydrogen-bond acceptors (Lipinski definition) is 10. The summed E-state index contributed by atoms with van der Waals surface area (Å²) in [5, 5.41) is 18.0. The van der Waals surface area contributed by atoms with Gasteiger partial charge in [-0.15, -0.1) is 0 Å². The largest absolute Gasteiger partial charge is 0.458 e. The second kappa shape index (κ2) is 25.9. The molecule has 2 unspecified atom stereocenters. The highest BCUT2D eigenvalue weighted by Gasteiger charge is 2.77. The Hall–Kier alpha value is -3.47. The highest BCUT2D eigenvalue weighted by molar-refractivity contribution is 5.78. The first-order valence-electron chi connectivity index (χ1n) is 33.4. The van der Waals surface area contributed by atoms with Crippen LogP contribution in [0.4, 0.5) is 79.0 Å². The van der Waals surface area contributed by atoms with E-state index in [1.165, 1.54) is 97.3 Å². The van der Waals surface area contributed by atoms with E-state index < -0.39 is 113 Å². The van der Waals surface area contributed by atoms with Crippen LogP contribution in [0.15, 0.2) is 24.3 Å².